The van der Waals surface area contributed by atoms with Crippen molar-refractivity contribution >= 4 is 6.03 Å². The van der Waals surface area contributed by atoms with Gasteiger partial charge in [0.25, 0.3) is 0 Å². The maximum absolute atomic E-state index is 9.71. The van der Waals surface area contributed by atoms with E-state index >= 15 is 0 Å². The molecule has 9 nitrogen and oxygen atoms in total. The van der Waals surface area contributed by atoms with Gasteiger partial charge in [0.15, 0.2) is 0 Å². The second-order valence-corrected chi connectivity index (χ2v) is 0.841. The Morgan fingerprint density at radius 2 is 1.45 bits per heavy atom. The van der Waals surface area contributed by atoms with Gasteiger partial charge in [-0.15, -0.1) is 0 Å². The molecule has 0 aliphatic rings. The van der Waals surface area contributed by atoms with Crippen LogP contribution in [0.5, 0.6) is 0 Å². The molecule has 0 aromatic rings. The van der Waals surface area contributed by atoms with Crippen LogP contribution in [-0.4, -0.2) is 11.1 Å². The fourth-order valence-electron chi connectivity index (χ4n) is 0.0417. The van der Waals surface area contributed by atoms with E-state index in [0.29, 0.717) is 0 Å². The minimum absolute atomic E-state index is 0. The van der Waals surface area contributed by atoms with Crippen molar-refractivity contribution in [2.75, 3.05) is 0 Å². The zero-order valence-electron chi connectivity index (χ0n) is 5.04. The molecule has 0 heterocycles. The number of hydrogen-bond acceptors (Lipinski definition) is 6. The smallest absolute Gasteiger partial charge is 0.356 e. The van der Waals surface area contributed by atoms with Gasteiger partial charge in [0.05, 0.1) is 5.09 Å². The summed E-state index contributed by atoms with van der Waals surface area (Å²) < 4.78 is 0. The van der Waals surface area contributed by atoms with Crippen molar-refractivity contribution in [3.05, 3.63) is 15.3 Å². The third-order valence-electron chi connectivity index (χ3n) is 0.262. The Bertz CT molecular complexity index is 107. The molecule has 0 unspecified atom stereocenters. The predicted octanol–water partition coefficient (Wildman–Crippen LogP) is -2.21. The summed E-state index contributed by atoms with van der Waals surface area (Å²) in [4.78, 5) is 18.0. The van der Waals surface area contributed by atoms with Gasteiger partial charge in [0.2, 0.25) is 0 Å². The molecule has 0 rings (SSSR count). The molecule has 70 valence electrons. The van der Waals surface area contributed by atoms with E-state index in [1.165, 1.54) is 0 Å². The Hall–Kier alpha value is -0.870. The molecule has 0 bridgehead atoms. The van der Waals surface area contributed by atoms with Crippen LogP contribution in [0.3, 0.4) is 0 Å². The van der Waals surface area contributed by atoms with Gasteiger partial charge in [-0.1, -0.05) is 0 Å². The van der Waals surface area contributed by atoms with Gasteiger partial charge in [-0.3, -0.25) is 10.9 Å². The molecule has 0 atom stereocenters. The molecule has 2 amide bonds. The van der Waals surface area contributed by atoms with Crippen molar-refractivity contribution < 1.29 is 32.3 Å². The number of nitrogens with one attached hydrogen (secondary N) is 2. The second kappa shape index (κ2) is 11.9. The summed E-state index contributed by atoms with van der Waals surface area (Å²) in [6, 6.07) is -0.602. The molecule has 0 aromatic carbocycles. The number of nitrogens with two attached hydrogens (primary N) is 2. The zero-order chi connectivity index (χ0) is 8.57. The third kappa shape index (κ3) is 47.4. The summed E-state index contributed by atoms with van der Waals surface area (Å²) in [5, 5.41) is 14.8. The average molecular weight is 260 g/mol. The van der Waals surface area contributed by atoms with E-state index in [2.05, 4.69) is 11.7 Å². The van der Waals surface area contributed by atoms with E-state index < -0.39 is 11.1 Å². The number of urea groups is 1. The normalized spacial score (nSPS) is 6.00. The molecule has 6 N–H and O–H groups in total. The van der Waals surface area contributed by atoms with E-state index in [9.17, 15) is 4.79 Å². The minimum atomic E-state index is -1.75. The van der Waals surface area contributed by atoms with Crippen molar-refractivity contribution in [2.45, 2.75) is 0 Å². The van der Waals surface area contributed by atoms with Crippen molar-refractivity contribution in [2.24, 2.45) is 11.7 Å². The fourth-order valence-corrected chi connectivity index (χ4v) is 0.0417. The molecule has 0 saturated carbocycles. The summed E-state index contributed by atoms with van der Waals surface area (Å²) in [5.74, 6) is 9.08. The molecule has 0 radical (unpaired) electrons. The number of hydrogen-bond donors (Lipinski definition) is 4. The van der Waals surface area contributed by atoms with Gasteiger partial charge < -0.3 is 15.3 Å². The first-order valence-corrected chi connectivity index (χ1v) is 1.83. The number of carbonyl (C=O) groups is 1. The number of carbonyl (C=O) groups excluding carboxylic acids is 1. The van der Waals surface area contributed by atoms with Gasteiger partial charge in [0.1, 0.15) is 0 Å². The van der Waals surface area contributed by atoms with Gasteiger partial charge >= 0.3 is 28.4 Å². The largest absolute Gasteiger partial charge is 1.00 e. The fraction of sp³-hybridized carbons (Fsp3) is 0. The summed E-state index contributed by atoms with van der Waals surface area (Å²) in [7, 11) is 0. The van der Waals surface area contributed by atoms with E-state index in [1.807, 2.05) is 0 Å². The molecule has 0 aliphatic carbocycles. The summed E-state index contributed by atoms with van der Waals surface area (Å²) >= 11 is 0. The summed E-state index contributed by atoms with van der Waals surface area (Å²) in [6.07, 6.45) is 0. The maximum atomic E-state index is 9.71. The van der Waals surface area contributed by atoms with Crippen LogP contribution in [0.15, 0.2) is 0 Å². The molecule has 10 heteroatoms. The molecule has 11 heavy (non-hydrogen) atoms. The standard InChI is InChI=1S/CH6N4O.Ag.NO3/c2-4-1(6)5-3;;2-1(3)4/h2-3H2,(H2,4,5,6);;/q;+1;-1. The van der Waals surface area contributed by atoms with E-state index in [4.69, 9.17) is 15.3 Å². The Morgan fingerprint density at radius 3 is 1.45 bits per heavy atom. The molecule has 0 aliphatic heterocycles. The Balaban J connectivity index is -0.000000114. The Labute approximate surface area is 76.7 Å². The molecular formula is CH6AgN5O4. The molecule has 0 fully saturated rings. The zero-order valence-corrected chi connectivity index (χ0v) is 6.52. The van der Waals surface area contributed by atoms with Gasteiger partial charge in [0, 0.05) is 0 Å². The van der Waals surface area contributed by atoms with Crippen molar-refractivity contribution in [3.8, 4) is 0 Å². The first-order valence-electron chi connectivity index (χ1n) is 1.83. The van der Waals surface area contributed by atoms with E-state index in [1.54, 1.807) is 10.9 Å². The number of amides is 2. The Morgan fingerprint density at radius 1 is 1.27 bits per heavy atom. The quantitative estimate of drug-likeness (QED) is 0.127. The van der Waals surface area contributed by atoms with Crippen LogP contribution in [0.2, 0.25) is 0 Å². The average Bonchev–Trinajstić information content (AvgIpc) is 1.85. The second-order valence-electron chi connectivity index (χ2n) is 0.841. The van der Waals surface area contributed by atoms with Crippen molar-refractivity contribution in [3.63, 3.8) is 0 Å². The van der Waals surface area contributed by atoms with Gasteiger partial charge in [-0.2, -0.15) is 0 Å². The number of rotatable bonds is 0. The number of nitrogens with zero attached hydrogens (tertiary/aromatic N) is 1. The number of hydrazine groups is 2. The third-order valence-corrected chi connectivity index (χ3v) is 0.262. The molecule has 0 spiro atoms. The summed E-state index contributed by atoms with van der Waals surface area (Å²) in [6.45, 7) is 0. The van der Waals surface area contributed by atoms with Crippen LogP contribution in [0.4, 0.5) is 4.79 Å². The Kier molecular flexibility index (Phi) is 17.9. The van der Waals surface area contributed by atoms with Gasteiger partial charge in [-0.25, -0.2) is 16.5 Å². The van der Waals surface area contributed by atoms with Gasteiger partial charge in [-0.05, 0) is 0 Å². The maximum Gasteiger partial charge on any atom is 1.00 e. The minimum Gasteiger partial charge on any atom is -0.356 e. The predicted molar refractivity (Wildman–Crippen MR) is 30.4 cm³/mol. The SMILES string of the molecule is NNC(=O)NN.O=[N+]([O-])[O-].[Ag+]. The van der Waals surface area contributed by atoms with Crippen LogP contribution >= 0.6 is 0 Å². The molecule has 0 saturated heterocycles. The topological polar surface area (TPSA) is 159 Å². The monoisotopic (exact) mass is 259 g/mol. The first kappa shape index (κ1) is 16.6. The van der Waals surface area contributed by atoms with E-state index in [-0.39, 0.29) is 22.4 Å². The summed E-state index contributed by atoms with van der Waals surface area (Å²) in [5.41, 5.74) is 3.48. The molecule has 0 aromatic heterocycles. The first-order chi connectivity index (χ1) is 4.54. The van der Waals surface area contributed by atoms with Crippen LogP contribution < -0.4 is 22.5 Å². The van der Waals surface area contributed by atoms with E-state index in [0.717, 1.165) is 0 Å². The van der Waals surface area contributed by atoms with Crippen LogP contribution in [0.1, 0.15) is 0 Å². The van der Waals surface area contributed by atoms with Crippen molar-refractivity contribution in [1.29, 1.82) is 0 Å². The van der Waals surface area contributed by atoms with Crippen molar-refractivity contribution in [1.82, 2.24) is 10.9 Å². The van der Waals surface area contributed by atoms with Crippen LogP contribution in [0, 0.1) is 15.3 Å². The van der Waals surface area contributed by atoms with Crippen LogP contribution in [0.25, 0.3) is 0 Å². The molecular weight excluding hydrogens is 254 g/mol. The van der Waals surface area contributed by atoms with Crippen LogP contribution in [-0.2, 0) is 22.4 Å².